The molecule has 2 nitrogen and oxygen atoms in total. The summed E-state index contributed by atoms with van der Waals surface area (Å²) in [6, 6.07) is 0. The molecular weight excluding hydrogens is 323 g/mol. The van der Waals surface area contributed by atoms with Crippen LogP contribution in [0.15, 0.2) is 36.1 Å². The summed E-state index contributed by atoms with van der Waals surface area (Å²) in [5.41, 5.74) is 2.28. The van der Waals surface area contributed by atoms with E-state index in [1.54, 1.807) is 7.11 Å². The Hall–Kier alpha value is -0.500. The molecule has 0 amide bonds. The van der Waals surface area contributed by atoms with Crippen molar-refractivity contribution in [2.45, 2.75) is 52.4 Å². The minimum Gasteiger partial charge on any atom is -0.475 e. The third-order valence-corrected chi connectivity index (χ3v) is 5.46. The van der Waals surface area contributed by atoms with Crippen molar-refractivity contribution >= 4 is 25.4 Å². The summed E-state index contributed by atoms with van der Waals surface area (Å²) in [5.74, 6) is 0.241. The molecule has 0 N–H and O–H groups in total. The van der Waals surface area contributed by atoms with Gasteiger partial charge in [0, 0.05) is 23.2 Å². The highest BCUT2D eigenvalue weighted by atomic mass is 32.1. The Balaban J connectivity index is 5.18. The van der Waals surface area contributed by atoms with Gasteiger partial charge in [0.05, 0.1) is 6.26 Å². The maximum absolute atomic E-state index is 5.59. The van der Waals surface area contributed by atoms with Crippen molar-refractivity contribution in [1.82, 2.24) is 0 Å². The average Bonchev–Trinajstić information content (AvgIpc) is 2.57. The molecule has 0 saturated heterocycles. The molecule has 0 aliphatic rings. The molecule has 4 heteroatoms. The second-order valence-electron chi connectivity index (χ2n) is 5.43. The second-order valence-corrected chi connectivity index (χ2v) is 7.28. The Bertz CT molecular complexity index is 402. The van der Waals surface area contributed by atoms with Gasteiger partial charge in [-0.2, -0.15) is 0 Å². The molecule has 132 valence electrons. The second kappa shape index (κ2) is 15.1. The van der Waals surface area contributed by atoms with Crippen LogP contribution in [-0.2, 0) is 9.47 Å². The topological polar surface area (TPSA) is 18.5 Å². The van der Waals surface area contributed by atoms with Crippen molar-refractivity contribution < 1.29 is 9.47 Å². The van der Waals surface area contributed by atoms with Gasteiger partial charge in [-0.05, 0) is 31.5 Å². The number of methoxy groups -OCH3 is 1. The lowest BCUT2D eigenvalue weighted by Crippen LogP contribution is -2.12. The Labute approximate surface area is 150 Å². The van der Waals surface area contributed by atoms with Gasteiger partial charge >= 0.3 is 0 Å². The molecular formula is C19H33O2PS. The van der Waals surface area contributed by atoms with E-state index in [0.29, 0.717) is 8.58 Å². The van der Waals surface area contributed by atoms with Gasteiger partial charge in [0.2, 0.25) is 0 Å². The van der Waals surface area contributed by atoms with Crippen LogP contribution in [0.3, 0.4) is 0 Å². The number of rotatable bonds is 14. The smallest absolute Gasteiger partial charge is 0.187 e. The van der Waals surface area contributed by atoms with Gasteiger partial charge in [-0.1, -0.05) is 72.6 Å². The number of hydrogen-bond donors (Lipinski definition) is 0. The van der Waals surface area contributed by atoms with Crippen molar-refractivity contribution in [2.75, 3.05) is 20.6 Å². The highest BCUT2D eigenvalue weighted by Crippen LogP contribution is 2.31. The fraction of sp³-hybridized carbons (Fsp3) is 0.632. The molecule has 0 aromatic heterocycles. The standard InChI is InChI=1S/C19H33O2PS/c1-6-9-10-11-12-13-16(7-2)18(14-21-15-20-4)17(8-3)19(23)22-5/h7,13-14,17,22H,2,6,8-12,15H2,1,3-5H3/b16-13+,18-14+. The van der Waals surface area contributed by atoms with E-state index >= 15 is 0 Å². The van der Waals surface area contributed by atoms with Gasteiger partial charge in [-0.25, -0.2) is 0 Å². The summed E-state index contributed by atoms with van der Waals surface area (Å²) >= 11 is 5.59. The van der Waals surface area contributed by atoms with E-state index in [1.807, 2.05) is 12.3 Å². The van der Waals surface area contributed by atoms with Crippen LogP contribution >= 0.6 is 20.8 Å². The molecule has 0 bridgehead atoms. The van der Waals surface area contributed by atoms with E-state index < -0.39 is 0 Å². The molecule has 0 saturated carbocycles. The Morgan fingerprint density at radius 1 is 1.26 bits per heavy atom. The van der Waals surface area contributed by atoms with Gasteiger partial charge in [0.1, 0.15) is 0 Å². The molecule has 0 aromatic rings. The van der Waals surface area contributed by atoms with E-state index in [2.05, 4.69) is 33.2 Å². The molecule has 23 heavy (non-hydrogen) atoms. The largest absolute Gasteiger partial charge is 0.475 e. The molecule has 0 aliphatic carbocycles. The summed E-state index contributed by atoms with van der Waals surface area (Å²) in [4.78, 5) is 0. The maximum atomic E-state index is 5.59. The molecule has 0 radical (unpaired) electrons. The summed E-state index contributed by atoms with van der Waals surface area (Å²) in [5, 5.41) is 0. The number of unbranched alkanes of at least 4 members (excludes halogenated alkanes) is 4. The van der Waals surface area contributed by atoms with E-state index in [9.17, 15) is 0 Å². The van der Waals surface area contributed by atoms with E-state index in [4.69, 9.17) is 21.7 Å². The minimum atomic E-state index is 0.241. The van der Waals surface area contributed by atoms with Crippen LogP contribution in [0.25, 0.3) is 0 Å². The van der Waals surface area contributed by atoms with Crippen LogP contribution in [0.2, 0.25) is 0 Å². The summed E-state index contributed by atoms with van der Waals surface area (Å²) in [7, 11) is 2.28. The number of thiocarbonyl (C=S) groups is 1. The normalized spacial score (nSPS) is 14.3. The molecule has 0 heterocycles. The lowest BCUT2D eigenvalue weighted by molar-refractivity contribution is 0.0188. The zero-order chi connectivity index (χ0) is 17.5. The quantitative estimate of drug-likeness (QED) is 0.0917. The Kier molecular flexibility index (Phi) is 14.7. The first-order valence-electron chi connectivity index (χ1n) is 8.51. The first kappa shape index (κ1) is 22.5. The van der Waals surface area contributed by atoms with Crippen LogP contribution in [-0.4, -0.2) is 25.2 Å². The van der Waals surface area contributed by atoms with Crippen LogP contribution in [0.5, 0.6) is 0 Å². The molecule has 0 aromatic carbocycles. The minimum absolute atomic E-state index is 0.241. The SMILES string of the molecule is C=CC(=C\CCCCCC)/C(=C\OCOC)C(CC)C(=S)PC. The number of allylic oxidation sites excluding steroid dienone is 4. The monoisotopic (exact) mass is 356 g/mol. The van der Waals surface area contributed by atoms with Gasteiger partial charge in [-0.15, -0.1) is 0 Å². The fourth-order valence-corrected chi connectivity index (χ4v) is 3.41. The zero-order valence-corrected chi connectivity index (χ0v) is 17.0. The summed E-state index contributed by atoms with van der Waals surface area (Å²) in [6.07, 6.45) is 13.1. The Morgan fingerprint density at radius 3 is 2.52 bits per heavy atom. The summed E-state index contributed by atoms with van der Waals surface area (Å²) < 4.78 is 11.6. The number of ether oxygens (including phenoxy) is 2. The maximum Gasteiger partial charge on any atom is 0.187 e. The predicted molar refractivity (Wildman–Crippen MR) is 109 cm³/mol. The lowest BCUT2D eigenvalue weighted by Gasteiger charge is -2.20. The first-order chi connectivity index (χ1) is 11.2. The number of hydrogen-bond acceptors (Lipinski definition) is 3. The zero-order valence-electron chi connectivity index (χ0n) is 15.2. The van der Waals surface area contributed by atoms with E-state index in [-0.39, 0.29) is 12.7 Å². The van der Waals surface area contributed by atoms with Crippen molar-refractivity contribution in [3.63, 3.8) is 0 Å². The summed E-state index contributed by atoms with van der Waals surface area (Å²) in [6.45, 7) is 10.8. The van der Waals surface area contributed by atoms with Crippen molar-refractivity contribution in [3.8, 4) is 0 Å². The molecule has 2 unspecified atom stereocenters. The van der Waals surface area contributed by atoms with Gasteiger partial charge in [0.25, 0.3) is 0 Å². The van der Waals surface area contributed by atoms with Crippen molar-refractivity contribution in [3.05, 3.63) is 36.1 Å². The molecule has 2 atom stereocenters. The molecule has 0 spiro atoms. The van der Waals surface area contributed by atoms with Crippen LogP contribution in [0, 0.1) is 5.92 Å². The van der Waals surface area contributed by atoms with E-state index in [1.165, 1.54) is 25.7 Å². The lowest BCUT2D eigenvalue weighted by atomic mass is 9.91. The van der Waals surface area contributed by atoms with Gasteiger partial charge < -0.3 is 9.47 Å². The molecule has 0 rings (SSSR count). The average molecular weight is 357 g/mol. The Morgan fingerprint density at radius 2 is 2.00 bits per heavy atom. The highest BCUT2D eigenvalue weighted by molar-refractivity contribution is 7.93. The van der Waals surface area contributed by atoms with Crippen LogP contribution in [0.1, 0.15) is 52.4 Å². The van der Waals surface area contributed by atoms with Crippen molar-refractivity contribution in [1.29, 1.82) is 0 Å². The predicted octanol–water partition coefficient (Wildman–Crippen LogP) is 6.24. The third-order valence-electron chi connectivity index (χ3n) is 3.72. The van der Waals surface area contributed by atoms with Gasteiger partial charge in [-0.3, -0.25) is 0 Å². The third kappa shape index (κ3) is 9.39. The molecule has 0 fully saturated rings. The fourth-order valence-electron chi connectivity index (χ4n) is 2.41. The van der Waals surface area contributed by atoms with E-state index in [0.717, 1.165) is 28.6 Å². The van der Waals surface area contributed by atoms with Gasteiger partial charge in [0.15, 0.2) is 6.79 Å². The molecule has 0 aliphatic heterocycles. The van der Waals surface area contributed by atoms with Crippen molar-refractivity contribution in [2.24, 2.45) is 5.92 Å². The van der Waals surface area contributed by atoms with Crippen LogP contribution in [0.4, 0.5) is 0 Å². The highest BCUT2D eigenvalue weighted by Gasteiger charge is 2.19. The first-order valence-corrected chi connectivity index (χ1v) is 10.4. The van der Waals surface area contributed by atoms with Crippen LogP contribution < -0.4 is 0 Å².